The minimum atomic E-state index is -1.15. The van der Waals surface area contributed by atoms with Gasteiger partial charge < -0.3 is 10.4 Å². The molecule has 16 heavy (non-hydrogen) atoms. The number of hydrogen-bond donors (Lipinski definition) is 2. The zero-order valence-electron chi connectivity index (χ0n) is 8.64. The maximum atomic E-state index is 11.2. The Bertz CT molecular complexity index is 429. The number of rotatable bonds is 4. The molecular weight excluding hydrogens is 226 g/mol. The van der Waals surface area contributed by atoms with Crippen LogP contribution in [0.25, 0.3) is 0 Å². The van der Waals surface area contributed by atoms with Crippen LogP contribution in [0.5, 0.6) is 0 Å². The van der Waals surface area contributed by atoms with Crippen molar-refractivity contribution in [3.8, 4) is 0 Å². The van der Waals surface area contributed by atoms with Crippen molar-refractivity contribution in [2.75, 3.05) is 11.6 Å². The van der Waals surface area contributed by atoms with Crippen LogP contribution in [0.1, 0.15) is 0 Å². The second-order valence-electron chi connectivity index (χ2n) is 2.89. The van der Waals surface area contributed by atoms with Crippen molar-refractivity contribution in [2.45, 2.75) is 4.90 Å². The highest BCUT2D eigenvalue weighted by Gasteiger charge is 1.99. The highest BCUT2D eigenvalue weighted by atomic mass is 32.2. The summed E-state index contributed by atoms with van der Waals surface area (Å²) >= 11 is 1.56. The van der Waals surface area contributed by atoms with Crippen LogP contribution in [-0.4, -0.2) is 23.2 Å². The molecule has 0 atom stereocenters. The highest BCUT2D eigenvalue weighted by molar-refractivity contribution is 7.98. The lowest BCUT2D eigenvalue weighted by molar-refractivity contribution is -0.131. The van der Waals surface area contributed by atoms with Gasteiger partial charge in [0.1, 0.15) is 0 Å². The molecule has 0 aliphatic heterocycles. The van der Waals surface area contributed by atoms with Gasteiger partial charge in [0, 0.05) is 22.7 Å². The first-order valence-corrected chi connectivity index (χ1v) is 5.70. The van der Waals surface area contributed by atoms with Crippen LogP contribution in [-0.2, 0) is 9.59 Å². The van der Waals surface area contributed by atoms with Gasteiger partial charge in [-0.1, -0.05) is 6.07 Å². The number of aliphatic carboxylic acids is 1. The van der Waals surface area contributed by atoms with Crippen LogP contribution in [0, 0.1) is 0 Å². The zero-order valence-corrected chi connectivity index (χ0v) is 9.45. The largest absolute Gasteiger partial charge is 0.478 e. The van der Waals surface area contributed by atoms with Crippen LogP contribution >= 0.6 is 11.8 Å². The molecule has 1 amide bonds. The van der Waals surface area contributed by atoms with E-state index in [1.54, 1.807) is 17.8 Å². The highest BCUT2D eigenvalue weighted by Crippen LogP contribution is 2.18. The summed E-state index contributed by atoms with van der Waals surface area (Å²) in [6, 6.07) is 7.30. The van der Waals surface area contributed by atoms with Crippen molar-refractivity contribution in [1.82, 2.24) is 0 Å². The first-order chi connectivity index (χ1) is 7.61. The van der Waals surface area contributed by atoms with Crippen molar-refractivity contribution >= 4 is 29.3 Å². The third kappa shape index (κ3) is 4.18. The molecule has 1 aromatic rings. The fraction of sp³-hybridized carbons (Fsp3) is 0.0909. The van der Waals surface area contributed by atoms with E-state index in [-0.39, 0.29) is 0 Å². The minimum Gasteiger partial charge on any atom is -0.478 e. The van der Waals surface area contributed by atoms with Gasteiger partial charge in [0.15, 0.2) is 0 Å². The molecule has 0 aliphatic carbocycles. The first kappa shape index (κ1) is 12.3. The summed E-state index contributed by atoms with van der Waals surface area (Å²) < 4.78 is 0. The summed E-state index contributed by atoms with van der Waals surface area (Å²) in [5.74, 6) is -1.60. The Labute approximate surface area is 97.4 Å². The molecule has 2 N–H and O–H groups in total. The number of carbonyl (C=O) groups excluding carboxylic acids is 1. The molecule has 0 radical (unpaired) electrons. The summed E-state index contributed by atoms with van der Waals surface area (Å²) in [6.07, 6.45) is 3.72. The van der Waals surface area contributed by atoms with Crippen molar-refractivity contribution < 1.29 is 14.7 Å². The van der Waals surface area contributed by atoms with Gasteiger partial charge in [0.05, 0.1) is 0 Å². The standard InChI is InChI=1S/C11H11NO3S/c1-16-9-4-2-3-8(7-9)12-10(13)5-6-11(14)15/h2-7H,1H3,(H,12,13)(H,14,15)/b6-5-. The first-order valence-electron chi connectivity index (χ1n) is 4.48. The molecule has 0 saturated carbocycles. The fourth-order valence-electron chi connectivity index (χ4n) is 1.03. The van der Waals surface area contributed by atoms with Gasteiger partial charge in [-0.05, 0) is 24.5 Å². The number of carboxylic acids is 1. The molecule has 0 fully saturated rings. The quantitative estimate of drug-likeness (QED) is 0.620. The molecule has 1 rings (SSSR count). The maximum absolute atomic E-state index is 11.2. The van der Waals surface area contributed by atoms with Crippen LogP contribution < -0.4 is 5.32 Å². The topological polar surface area (TPSA) is 66.4 Å². The Kier molecular flexibility index (Phi) is 4.60. The SMILES string of the molecule is CSc1cccc(NC(=O)/C=C\C(=O)O)c1. The van der Waals surface area contributed by atoms with Gasteiger partial charge in [-0.25, -0.2) is 4.79 Å². The van der Waals surface area contributed by atoms with Crippen molar-refractivity contribution in [3.05, 3.63) is 36.4 Å². The number of carboxylic acid groups (broad SMARTS) is 1. The van der Waals surface area contributed by atoms with E-state index < -0.39 is 11.9 Å². The van der Waals surface area contributed by atoms with Crippen molar-refractivity contribution in [3.63, 3.8) is 0 Å². The van der Waals surface area contributed by atoms with E-state index in [0.29, 0.717) is 5.69 Å². The molecule has 0 saturated heterocycles. The van der Waals surface area contributed by atoms with Gasteiger partial charge in [0.25, 0.3) is 0 Å². The van der Waals surface area contributed by atoms with Gasteiger partial charge in [-0.2, -0.15) is 0 Å². The van der Waals surface area contributed by atoms with E-state index in [9.17, 15) is 9.59 Å². The molecule has 0 aromatic heterocycles. The molecule has 4 nitrogen and oxygen atoms in total. The normalized spacial score (nSPS) is 10.3. The molecule has 84 valence electrons. The molecule has 0 bridgehead atoms. The van der Waals surface area contributed by atoms with Gasteiger partial charge in [0.2, 0.25) is 5.91 Å². The third-order valence-electron chi connectivity index (χ3n) is 1.71. The predicted molar refractivity (Wildman–Crippen MR) is 63.6 cm³/mol. The van der Waals surface area contributed by atoms with Gasteiger partial charge >= 0.3 is 5.97 Å². The lowest BCUT2D eigenvalue weighted by atomic mass is 10.3. The molecular formula is C11H11NO3S. The fourth-order valence-corrected chi connectivity index (χ4v) is 1.49. The maximum Gasteiger partial charge on any atom is 0.328 e. The second kappa shape index (κ2) is 5.97. The second-order valence-corrected chi connectivity index (χ2v) is 3.77. The Hall–Kier alpha value is -1.75. The van der Waals surface area contributed by atoms with Gasteiger partial charge in [-0.3, -0.25) is 4.79 Å². The number of hydrogen-bond acceptors (Lipinski definition) is 3. The van der Waals surface area contributed by atoms with Crippen LogP contribution in [0.3, 0.4) is 0 Å². The Morgan fingerprint density at radius 1 is 1.38 bits per heavy atom. The van der Waals surface area contributed by atoms with Crippen LogP contribution in [0.2, 0.25) is 0 Å². The minimum absolute atomic E-state index is 0.458. The van der Waals surface area contributed by atoms with E-state index in [2.05, 4.69) is 5.32 Å². The molecule has 5 heteroatoms. The van der Waals surface area contributed by atoms with Gasteiger partial charge in [-0.15, -0.1) is 11.8 Å². The summed E-state index contributed by atoms with van der Waals surface area (Å²) in [5.41, 5.74) is 0.645. The van der Waals surface area contributed by atoms with E-state index >= 15 is 0 Å². The molecule has 0 heterocycles. The monoisotopic (exact) mass is 237 g/mol. The molecule has 0 unspecified atom stereocenters. The summed E-state index contributed by atoms with van der Waals surface area (Å²) in [4.78, 5) is 22.5. The number of anilines is 1. The Balaban J connectivity index is 2.65. The number of nitrogens with one attached hydrogen (secondary N) is 1. The predicted octanol–water partition coefficient (Wildman–Crippen LogP) is 1.99. The Morgan fingerprint density at radius 3 is 2.75 bits per heavy atom. The number of thioether (sulfide) groups is 1. The molecule has 0 aliphatic rings. The number of amides is 1. The van der Waals surface area contributed by atoms with Crippen LogP contribution in [0.15, 0.2) is 41.3 Å². The Morgan fingerprint density at radius 2 is 2.12 bits per heavy atom. The van der Waals surface area contributed by atoms with E-state index in [4.69, 9.17) is 5.11 Å². The summed E-state index contributed by atoms with van der Waals surface area (Å²) in [6.45, 7) is 0. The van der Waals surface area contributed by atoms with E-state index in [1.165, 1.54) is 0 Å². The number of benzene rings is 1. The molecule has 1 aromatic carbocycles. The average Bonchev–Trinajstić information content (AvgIpc) is 2.26. The molecule has 0 spiro atoms. The summed E-state index contributed by atoms with van der Waals surface area (Å²) in [5, 5.41) is 10.9. The lowest BCUT2D eigenvalue weighted by Gasteiger charge is -2.03. The smallest absolute Gasteiger partial charge is 0.328 e. The summed E-state index contributed by atoms with van der Waals surface area (Å²) in [7, 11) is 0. The van der Waals surface area contributed by atoms with Crippen molar-refractivity contribution in [2.24, 2.45) is 0 Å². The third-order valence-corrected chi connectivity index (χ3v) is 2.44. The van der Waals surface area contributed by atoms with E-state index in [0.717, 1.165) is 17.0 Å². The number of carbonyl (C=O) groups is 2. The van der Waals surface area contributed by atoms with Crippen LogP contribution in [0.4, 0.5) is 5.69 Å². The average molecular weight is 237 g/mol. The zero-order chi connectivity index (χ0) is 12.0. The van der Waals surface area contributed by atoms with E-state index in [1.807, 2.05) is 24.5 Å². The van der Waals surface area contributed by atoms with Crippen molar-refractivity contribution in [1.29, 1.82) is 0 Å². The lowest BCUT2D eigenvalue weighted by Crippen LogP contribution is -2.08.